The zero-order valence-electron chi connectivity index (χ0n) is 13.8. The lowest BCUT2D eigenvalue weighted by atomic mass is 9.58. The molecule has 0 saturated heterocycles. The number of hydrogen-bond donors (Lipinski definition) is 0. The number of carbonyl (C=O) groups excluding carboxylic acids is 1. The van der Waals surface area contributed by atoms with E-state index >= 15 is 0 Å². The Labute approximate surface area is 134 Å². The van der Waals surface area contributed by atoms with Crippen molar-refractivity contribution >= 4 is 5.78 Å². The number of ketones is 1. The molecule has 1 unspecified atom stereocenters. The van der Waals surface area contributed by atoms with Gasteiger partial charge in [0.25, 0.3) is 0 Å². The van der Waals surface area contributed by atoms with Crippen LogP contribution in [-0.4, -0.2) is 5.78 Å². The fourth-order valence-corrected chi connectivity index (χ4v) is 4.47. The van der Waals surface area contributed by atoms with Gasteiger partial charge in [-0.3, -0.25) is 4.79 Å². The number of rotatable bonds is 3. The maximum absolute atomic E-state index is 12.5. The number of allylic oxidation sites excluding steroid dienone is 1. The maximum atomic E-state index is 12.5. The van der Waals surface area contributed by atoms with E-state index in [1.54, 1.807) is 0 Å². The van der Waals surface area contributed by atoms with Gasteiger partial charge in [0.2, 0.25) is 0 Å². The van der Waals surface area contributed by atoms with Crippen molar-refractivity contribution in [3.8, 4) is 0 Å². The SMILES string of the molecule is C=C1C(=O)CC(CCc2ccccc2)CC12CCC(C)CC2. The minimum Gasteiger partial charge on any atom is -0.295 e. The summed E-state index contributed by atoms with van der Waals surface area (Å²) in [6.07, 6.45) is 9.04. The molecule has 0 bridgehead atoms. The molecule has 0 aliphatic heterocycles. The number of hydrogen-bond acceptors (Lipinski definition) is 1. The fraction of sp³-hybridized carbons (Fsp3) is 0.571. The lowest BCUT2D eigenvalue weighted by molar-refractivity contribution is -0.120. The van der Waals surface area contributed by atoms with Crippen LogP contribution in [0.1, 0.15) is 57.4 Å². The molecule has 22 heavy (non-hydrogen) atoms. The van der Waals surface area contributed by atoms with E-state index in [1.165, 1.54) is 37.7 Å². The fourth-order valence-electron chi connectivity index (χ4n) is 4.47. The van der Waals surface area contributed by atoms with Crippen LogP contribution in [0, 0.1) is 17.3 Å². The molecule has 1 aromatic carbocycles. The molecule has 118 valence electrons. The van der Waals surface area contributed by atoms with Crippen LogP contribution in [0.3, 0.4) is 0 Å². The second-order valence-corrected chi connectivity index (χ2v) is 7.66. The van der Waals surface area contributed by atoms with Gasteiger partial charge in [0, 0.05) is 6.42 Å². The van der Waals surface area contributed by atoms with E-state index in [0.29, 0.717) is 11.7 Å². The summed E-state index contributed by atoms with van der Waals surface area (Å²) < 4.78 is 0. The third-order valence-corrected chi connectivity index (χ3v) is 6.05. The molecule has 0 amide bonds. The summed E-state index contributed by atoms with van der Waals surface area (Å²) in [5.74, 6) is 1.71. The van der Waals surface area contributed by atoms with Crippen molar-refractivity contribution in [2.45, 2.75) is 58.3 Å². The number of Topliss-reactive ketones (excluding diaryl/α,β-unsaturated/α-hetero) is 1. The Balaban J connectivity index is 1.66. The van der Waals surface area contributed by atoms with Crippen LogP contribution >= 0.6 is 0 Å². The Morgan fingerprint density at radius 2 is 1.86 bits per heavy atom. The Kier molecular flexibility index (Phi) is 4.52. The second kappa shape index (κ2) is 6.40. The maximum Gasteiger partial charge on any atom is 0.159 e. The first kappa shape index (κ1) is 15.5. The topological polar surface area (TPSA) is 17.1 Å². The number of benzene rings is 1. The largest absolute Gasteiger partial charge is 0.295 e. The Morgan fingerprint density at radius 3 is 2.55 bits per heavy atom. The van der Waals surface area contributed by atoms with Crippen LogP contribution in [0.2, 0.25) is 0 Å². The van der Waals surface area contributed by atoms with Gasteiger partial charge in [-0.15, -0.1) is 0 Å². The molecular formula is C21H28O. The average molecular weight is 296 g/mol. The van der Waals surface area contributed by atoms with Gasteiger partial charge in [-0.1, -0.05) is 43.8 Å². The van der Waals surface area contributed by atoms with Gasteiger partial charge in [-0.05, 0) is 73.3 Å². The molecule has 2 saturated carbocycles. The first-order valence-corrected chi connectivity index (χ1v) is 8.85. The molecule has 0 radical (unpaired) electrons. The van der Waals surface area contributed by atoms with E-state index in [0.717, 1.165) is 30.8 Å². The molecule has 1 aromatic rings. The zero-order chi connectivity index (χ0) is 15.6. The van der Waals surface area contributed by atoms with Crippen molar-refractivity contribution in [1.29, 1.82) is 0 Å². The number of carbonyl (C=O) groups is 1. The second-order valence-electron chi connectivity index (χ2n) is 7.66. The van der Waals surface area contributed by atoms with Crippen molar-refractivity contribution in [3.05, 3.63) is 48.0 Å². The molecule has 1 nitrogen and oxygen atoms in total. The van der Waals surface area contributed by atoms with Crippen LogP contribution in [0.4, 0.5) is 0 Å². The quantitative estimate of drug-likeness (QED) is 0.687. The summed E-state index contributed by atoms with van der Waals surface area (Å²) in [6.45, 7) is 6.54. The molecule has 0 N–H and O–H groups in total. The summed E-state index contributed by atoms with van der Waals surface area (Å²) >= 11 is 0. The van der Waals surface area contributed by atoms with Gasteiger partial charge in [0.05, 0.1) is 0 Å². The molecule has 3 rings (SSSR count). The Morgan fingerprint density at radius 1 is 1.18 bits per heavy atom. The third-order valence-electron chi connectivity index (χ3n) is 6.05. The smallest absolute Gasteiger partial charge is 0.159 e. The van der Waals surface area contributed by atoms with Crippen LogP contribution in [0.15, 0.2) is 42.5 Å². The van der Waals surface area contributed by atoms with Crippen LogP contribution in [0.5, 0.6) is 0 Å². The Hall–Kier alpha value is -1.37. The average Bonchev–Trinajstić information content (AvgIpc) is 2.54. The normalized spacial score (nSPS) is 32.4. The molecule has 1 heteroatoms. The van der Waals surface area contributed by atoms with Crippen molar-refractivity contribution in [1.82, 2.24) is 0 Å². The van der Waals surface area contributed by atoms with Gasteiger partial charge in [0.15, 0.2) is 5.78 Å². The molecule has 0 aromatic heterocycles. The van der Waals surface area contributed by atoms with Crippen LogP contribution in [0.25, 0.3) is 0 Å². The van der Waals surface area contributed by atoms with Crippen LogP contribution < -0.4 is 0 Å². The first-order chi connectivity index (χ1) is 10.6. The van der Waals surface area contributed by atoms with E-state index < -0.39 is 0 Å². The van der Waals surface area contributed by atoms with E-state index in [4.69, 9.17) is 0 Å². The van der Waals surface area contributed by atoms with Crippen LogP contribution in [-0.2, 0) is 11.2 Å². The summed E-state index contributed by atoms with van der Waals surface area (Å²) in [5.41, 5.74) is 2.49. The summed E-state index contributed by atoms with van der Waals surface area (Å²) in [6, 6.07) is 10.7. The predicted molar refractivity (Wildman–Crippen MR) is 91.7 cm³/mol. The summed E-state index contributed by atoms with van der Waals surface area (Å²) in [7, 11) is 0. The molecule has 1 spiro atoms. The molecule has 0 heterocycles. The molecule has 2 fully saturated rings. The van der Waals surface area contributed by atoms with Crippen molar-refractivity contribution in [3.63, 3.8) is 0 Å². The lowest BCUT2D eigenvalue weighted by Crippen LogP contribution is -2.38. The summed E-state index contributed by atoms with van der Waals surface area (Å²) in [4.78, 5) is 12.5. The van der Waals surface area contributed by atoms with E-state index in [9.17, 15) is 4.79 Å². The standard InChI is InChI=1S/C21H28O/c1-16-10-12-21(13-11-16)15-19(14-20(22)17(21)2)9-8-18-6-4-3-5-7-18/h3-7,16,19H,2,8-15H2,1H3. The number of aryl methyl sites for hydroxylation is 1. The molecule has 1 atom stereocenters. The van der Waals surface area contributed by atoms with E-state index in [2.05, 4.69) is 43.8 Å². The summed E-state index contributed by atoms with van der Waals surface area (Å²) in [5, 5.41) is 0. The minimum atomic E-state index is 0.142. The van der Waals surface area contributed by atoms with Crippen molar-refractivity contribution in [2.24, 2.45) is 17.3 Å². The minimum absolute atomic E-state index is 0.142. The third kappa shape index (κ3) is 3.19. The molecular weight excluding hydrogens is 268 g/mol. The predicted octanol–water partition coefficient (Wildman–Crippen LogP) is 5.35. The zero-order valence-corrected chi connectivity index (χ0v) is 13.8. The van der Waals surface area contributed by atoms with E-state index in [1.807, 2.05) is 0 Å². The highest BCUT2D eigenvalue weighted by molar-refractivity contribution is 5.97. The van der Waals surface area contributed by atoms with Gasteiger partial charge < -0.3 is 0 Å². The van der Waals surface area contributed by atoms with Gasteiger partial charge in [-0.2, -0.15) is 0 Å². The first-order valence-electron chi connectivity index (χ1n) is 8.85. The van der Waals surface area contributed by atoms with Crippen molar-refractivity contribution < 1.29 is 4.79 Å². The van der Waals surface area contributed by atoms with Gasteiger partial charge >= 0.3 is 0 Å². The van der Waals surface area contributed by atoms with Gasteiger partial charge in [0.1, 0.15) is 0 Å². The lowest BCUT2D eigenvalue weighted by Gasteiger charge is -2.46. The van der Waals surface area contributed by atoms with E-state index in [-0.39, 0.29) is 5.41 Å². The molecule has 2 aliphatic carbocycles. The van der Waals surface area contributed by atoms with Gasteiger partial charge in [-0.25, -0.2) is 0 Å². The molecule has 2 aliphatic rings. The monoisotopic (exact) mass is 296 g/mol. The Bertz CT molecular complexity index is 534. The highest BCUT2D eigenvalue weighted by atomic mass is 16.1. The highest BCUT2D eigenvalue weighted by Crippen LogP contribution is 2.52. The highest BCUT2D eigenvalue weighted by Gasteiger charge is 2.44. The van der Waals surface area contributed by atoms with Crippen molar-refractivity contribution in [2.75, 3.05) is 0 Å².